The van der Waals surface area contributed by atoms with E-state index in [0.717, 1.165) is 56.9 Å². The van der Waals surface area contributed by atoms with Crippen LogP contribution in [0.5, 0.6) is 0 Å². The zero-order valence-corrected chi connectivity index (χ0v) is 22.0. The SMILES string of the molecule is CCc1ccc(-c2ccc(C3(O)CCC(C4CCC(OC)(c5ccccc5)CC4)CC3)cc2)c(F)c1F. The number of hydrogen-bond acceptors (Lipinski definition) is 2. The molecule has 0 radical (unpaired) electrons. The van der Waals surface area contributed by atoms with Gasteiger partial charge in [-0.1, -0.05) is 73.7 Å². The van der Waals surface area contributed by atoms with Crippen LogP contribution in [-0.2, 0) is 22.4 Å². The summed E-state index contributed by atoms with van der Waals surface area (Å²) in [4.78, 5) is 0. The minimum Gasteiger partial charge on any atom is -0.385 e. The van der Waals surface area contributed by atoms with Gasteiger partial charge in [-0.05, 0) is 91.9 Å². The highest BCUT2D eigenvalue weighted by molar-refractivity contribution is 5.65. The molecule has 4 heteroatoms. The third-order valence-electron chi connectivity index (χ3n) is 9.33. The van der Waals surface area contributed by atoms with E-state index in [9.17, 15) is 13.9 Å². The second kappa shape index (κ2) is 10.7. The molecule has 0 unspecified atom stereocenters. The zero-order valence-electron chi connectivity index (χ0n) is 22.0. The molecule has 5 rings (SSSR count). The molecule has 2 aliphatic carbocycles. The van der Waals surface area contributed by atoms with Gasteiger partial charge in [0.15, 0.2) is 11.6 Å². The third kappa shape index (κ3) is 4.98. The quantitative estimate of drug-likeness (QED) is 0.366. The topological polar surface area (TPSA) is 29.5 Å². The van der Waals surface area contributed by atoms with E-state index in [-0.39, 0.29) is 11.2 Å². The lowest BCUT2D eigenvalue weighted by Crippen LogP contribution is -2.38. The van der Waals surface area contributed by atoms with E-state index in [0.29, 0.717) is 29.4 Å². The number of methoxy groups -OCH3 is 1. The molecule has 3 aromatic rings. The highest BCUT2D eigenvalue weighted by Gasteiger charge is 2.42. The van der Waals surface area contributed by atoms with Crippen LogP contribution in [0, 0.1) is 23.5 Å². The monoisotopic (exact) mass is 504 g/mol. The van der Waals surface area contributed by atoms with Gasteiger partial charge in [0.25, 0.3) is 0 Å². The molecule has 0 saturated heterocycles. The Hall–Kier alpha value is -2.56. The first-order valence-corrected chi connectivity index (χ1v) is 13.8. The molecule has 0 heterocycles. The van der Waals surface area contributed by atoms with Crippen molar-refractivity contribution in [2.45, 2.75) is 75.9 Å². The van der Waals surface area contributed by atoms with E-state index >= 15 is 0 Å². The summed E-state index contributed by atoms with van der Waals surface area (Å²) >= 11 is 0. The minimum absolute atomic E-state index is 0.172. The fraction of sp³-hybridized carbons (Fsp3) is 0.455. The number of hydrogen-bond donors (Lipinski definition) is 1. The average Bonchev–Trinajstić information content (AvgIpc) is 2.95. The minimum atomic E-state index is -0.861. The highest BCUT2D eigenvalue weighted by Crippen LogP contribution is 2.49. The lowest BCUT2D eigenvalue weighted by Gasteiger charge is -2.45. The first-order valence-electron chi connectivity index (χ1n) is 13.8. The fourth-order valence-corrected chi connectivity index (χ4v) is 6.85. The van der Waals surface area contributed by atoms with Gasteiger partial charge in [0.05, 0.1) is 11.2 Å². The summed E-state index contributed by atoms with van der Waals surface area (Å²) in [6.07, 6.45) is 8.31. The summed E-state index contributed by atoms with van der Waals surface area (Å²) in [5.74, 6) is -0.277. The van der Waals surface area contributed by atoms with E-state index in [1.54, 1.807) is 24.3 Å². The van der Waals surface area contributed by atoms with E-state index < -0.39 is 17.2 Å². The molecule has 3 aromatic carbocycles. The van der Waals surface area contributed by atoms with Crippen molar-refractivity contribution >= 4 is 0 Å². The zero-order chi connectivity index (χ0) is 26.0. The lowest BCUT2D eigenvalue weighted by molar-refractivity contribution is -0.0707. The summed E-state index contributed by atoms with van der Waals surface area (Å²) in [6.45, 7) is 1.81. The van der Waals surface area contributed by atoms with Crippen molar-refractivity contribution in [2.75, 3.05) is 7.11 Å². The maximum Gasteiger partial charge on any atom is 0.166 e. The van der Waals surface area contributed by atoms with Crippen LogP contribution in [-0.4, -0.2) is 12.2 Å². The maximum absolute atomic E-state index is 14.6. The molecule has 2 aliphatic rings. The van der Waals surface area contributed by atoms with Gasteiger partial charge < -0.3 is 9.84 Å². The molecule has 1 N–H and O–H groups in total. The molecule has 2 fully saturated rings. The van der Waals surface area contributed by atoms with Gasteiger partial charge in [-0.15, -0.1) is 0 Å². The fourth-order valence-electron chi connectivity index (χ4n) is 6.85. The van der Waals surface area contributed by atoms with Crippen LogP contribution in [0.15, 0.2) is 66.7 Å². The van der Waals surface area contributed by atoms with Gasteiger partial charge in [0.2, 0.25) is 0 Å². The number of aliphatic hydroxyl groups is 1. The summed E-state index contributed by atoms with van der Waals surface area (Å²) in [5.41, 5.74) is 2.39. The molecule has 0 aromatic heterocycles. The number of ether oxygens (including phenoxy) is 1. The van der Waals surface area contributed by atoms with Crippen LogP contribution in [0.4, 0.5) is 8.78 Å². The summed E-state index contributed by atoms with van der Waals surface area (Å²) in [6, 6.07) is 21.3. The van der Waals surface area contributed by atoms with Gasteiger partial charge in [-0.25, -0.2) is 8.78 Å². The Balaban J connectivity index is 1.22. The standard InChI is InChI=1S/C33H38F2O2/c1-3-23-11-14-29(31(35)30(23)34)26-9-12-27(13-10-26)32(36)19-15-24(16-20-32)25-17-21-33(37-2,22-18-25)28-7-5-4-6-8-28/h4-14,24-25,36H,3,15-22H2,1-2H3. The third-order valence-corrected chi connectivity index (χ3v) is 9.33. The normalized spacial score (nSPS) is 28.2. The van der Waals surface area contributed by atoms with Crippen LogP contribution >= 0.6 is 0 Å². The van der Waals surface area contributed by atoms with Crippen LogP contribution in [0.3, 0.4) is 0 Å². The first-order chi connectivity index (χ1) is 17.9. The molecule has 0 atom stereocenters. The van der Waals surface area contributed by atoms with Gasteiger partial charge in [-0.2, -0.15) is 0 Å². The Morgan fingerprint density at radius 3 is 1.92 bits per heavy atom. The predicted molar refractivity (Wildman–Crippen MR) is 144 cm³/mol. The van der Waals surface area contributed by atoms with Crippen LogP contribution in [0.1, 0.15) is 75.0 Å². The molecule has 196 valence electrons. The Morgan fingerprint density at radius 1 is 0.757 bits per heavy atom. The second-order valence-electron chi connectivity index (χ2n) is 11.1. The van der Waals surface area contributed by atoms with Crippen LogP contribution in [0.25, 0.3) is 11.1 Å². The Labute approximate surface area is 219 Å². The van der Waals surface area contributed by atoms with E-state index in [1.165, 1.54) is 5.56 Å². The largest absolute Gasteiger partial charge is 0.385 e. The van der Waals surface area contributed by atoms with Crippen molar-refractivity contribution in [1.82, 2.24) is 0 Å². The number of halogens is 2. The van der Waals surface area contributed by atoms with Crippen molar-refractivity contribution in [3.8, 4) is 11.1 Å². The van der Waals surface area contributed by atoms with Gasteiger partial charge >= 0.3 is 0 Å². The van der Waals surface area contributed by atoms with E-state index in [4.69, 9.17) is 4.74 Å². The molecule has 0 aliphatic heterocycles. The first kappa shape index (κ1) is 26.1. The summed E-state index contributed by atoms with van der Waals surface area (Å²) in [7, 11) is 1.84. The number of benzene rings is 3. The highest BCUT2D eigenvalue weighted by atomic mass is 19.2. The van der Waals surface area contributed by atoms with Gasteiger partial charge in [0.1, 0.15) is 0 Å². The molecule has 0 amide bonds. The summed E-state index contributed by atoms with van der Waals surface area (Å²) < 4.78 is 35.0. The van der Waals surface area contributed by atoms with E-state index in [2.05, 4.69) is 30.3 Å². The van der Waals surface area contributed by atoms with Crippen molar-refractivity contribution in [3.05, 3.63) is 95.1 Å². The van der Waals surface area contributed by atoms with Crippen LogP contribution < -0.4 is 0 Å². The predicted octanol–water partition coefficient (Wildman–Crippen LogP) is 8.30. The Kier molecular flexibility index (Phi) is 7.51. The molecule has 2 nitrogen and oxygen atoms in total. The smallest absolute Gasteiger partial charge is 0.166 e. The van der Waals surface area contributed by atoms with Crippen molar-refractivity contribution in [3.63, 3.8) is 0 Å². The van der Waals surface area contributed by atoms with Crippen LogP contribution in [0.2, 0.25) is 0 Å². The van der Waals surface area contributed by atoms with E-state index in [1.807, 2.05) is 26.2 Å². The molecule has 2 saturated carbocycles. The number of aryl methyl sites for hydroxylation is 1. The molecular weight excluding hydrogens is 466 g/mol. The molecule has 0 bridgehead atoms. The average molecular weight is 505 g/mol. The van der Waals surface area contributed by atoms with Crippen molar-refractivity contribution in [1.29, 1.82) is 0 Å². The summed E-state index contributed by atoms with van der Waals surface area (Å²) in [5, 5.41) is 11.5. The van der Waals surface area contributed by atoms with Crippen molar-refractivity contribution < 1.29 is 18.6 Å². The molecule has 37 heavy (non-hydrogen) atoms. The molecule has 0 spiro atoms. The van der Waals surface area contributed by atoms with Crippen molar-refractivity contribution in [2.24, 2.45) is 11.8 Å². The lowest BCUT2D eigenvalue weighted by atomic mass is 9.65. The van der Waals surface area contributed by atoms with Gasteiger partial charge in [0, 0.05) is 12.7 Å². The maximum atomic E-state index is 14.6. The molecular formula is C33H38F2O2. The van der Waals surface area contributed by atoms with Gasteiger partial charge in [-0.3, -0.25) is 0 Å². The number of rotatable bonds is 6. The Bertz CT molecular complexity index is 1190. The second-order valence-corrected chi connectivity index (χ2v) is 11.1. The Morgan fingerprint density at radius 2 is 1.35 bits per heavy atom.